The highest BCUT2D eigenvalue weighted by Gasteiger charge is 2.51. The minimum absolute atomic E-state index is 0.00437. The van der Waals surface area contributed by atoms with E-state index in [1.54, 1.807) is 0 Å². The highest BCUT2D eigenvalue weighted by atomic mass is 32.2. The Kier molecular flexibility index (Phi) is 7.67. The van der Waals surface area contributed by atoms with Crippen molar-refractivity contribution in [3.63, 3.8) is 0 Å². The molecule has 2 aliphatic rings. The van der Waals surface area contributed by atoms with Gasteiger partial charge >= 0.3 is 0 Å². The van der Waals surface area contributed by atoms with Crippen LogP contribution in [0.1, 0.15) is 31.2 Å². The van der Waals surface area contributed by atoms with E-state index in [0.29, 0.717) is 31.2 Å². The van der Waals surface area contributed by atoms with Gasteiger partial charge in [-0.25, -0.2) is 26.5 Å². The van der Waals surface area contributed by atoms with E-state index in [4.69, 9.17) is 11.5 Å². The van der Waals surface area contributed by atoms with Crippen LogP contribution in [0.25, 0.3) is 0 Å². The smallest absolute Gasteiger partial charge is 0.161 e. The molecule has 3 rings (SSSR count). The summed E-state index contributed by atoms with van der Waals surface area (Å²) in [4.78, 5) is 0. The molecule has 0 spiro atoms. The Bertz CT molecular complexity index is 885. The summed E-state index contributed by atoms with van der Waals surface area (Å²) in [6.07, 6.45) is 2.71. The van der Waals surface area contributed by atoms with E-state index < -0.39 is 38.7 Å². The molecular formula is C20H32F3N5OS2. The SMILES string of the molecule is C=S(=O)(CCNSN(C)C)N1C2CC[C@H]1CC(N)(C(N)Cc1cc(F)c(F)cc1F)C2. The highest BCUT2D eigenvalue weighted by molar-refractivity contribution is 7.98. The van der Waals surface area contributed by atoms with Crippen molar-refractivity contribution in [1.29, 1.82) is 0 Å². The van der Waals surface area contributed by atoms with Crippen molar-refractivity contribution >= 4 is 27.7 Å². The number of piperidine rings is 1. The molecule has 2 aliphatic heterocycles. The third-order valence-electron chi connectivity index (χ3n) is 6.21. The van der Waals surface area contributed by atoms with Gasteiger partial charge in [-0.1, -0.05) is 0 Å². The maximum Gasteiger partial charge on any atom is 0.161 e. The standard InChI is InChI=1S/C20H32F3N5OS2/c1-27(2)30-26-6-7-31(3,29)28-14-4-5-15(28)12-20(25,11-14)19(24)9-13-8-17(22)18(23)10-16(13)21/h8,10,14-15,19,26H,3-7,9,11-12,24-25H2,1-2H3/t14-,15?,19?,20?,31?/m0/s1. The first-order chi connectivity index (χ1) is 14.4. The van der Waals surface area contributed by atoms with Crippen LogP contribution in [0.2, 0.25) is 0 Å². The summed E-state index contributed by atoms with van der Waals surface area (Å²) in [6, 6.07) is 0.704. The second kappa shape index (κ2) is 9.58. The Morgan fingerprint density at radius 1 is 1.26 bits per heavy atom. The summed E-state index contributed by atoms with van der Waals surface area (Å²) in [7, 11) is 1.36. The second-order valence-electron chi connectivity index (χ2n) is 8.83. The number of fused-ring (bicyclic) bond motifs is 2. The molecule has 5 atom stereocenters. The summed E-state index contributed by atoms with van der Waals surface area (Å²) in [6.45, 7) is 0.559. The van der Waals surface area contributed by atoms with Gasteiger partial charge in [0.25, 0.3) is 0 Å². The van der Waals surface area contributed by atoms with Crippen LogP contribution in [0.3, 0.4) is 0 Å². The Labute approximate surface area is 187 Å². The number of hydrogen-bond acceptors (Lipinski definition) is 6. The summed E-state index contributed by atoms with van der Waals surface area (Å²) in [5, 5.41) is 0. The van der Waals surface area contributed by atoms with Crippen LogP contribution in [0, 0.1) is 17.5 Å². The fraction of sp³-hybridized carbons (Fsp3) is 0.650. The molecule has 6 nitrogen and oxygen atoms in total. The monoisotopic (exact) mass is 479 g/mol. The van der Waals surface area contributed by atoms with Crippen LogP contribution < -0.4 is 16.2 Å². The molecule has 0 aromatic heterocycles. The van der Waals surface area contributed by atoms with Crippen molar-refractivity contribution < 1.29 is 17.4 Å². The van der Waals surface area contributed by atoms with Gasteiger partial charge in [0, 0.05) is 63.9 Å². The van der Waals surface area contributed by atoms with Crippen molar-refractivity contribution in [2.24, 2.45) is 11.5 Å². The zero-order valence-corrected chi connectivity index (χ0v) is 19.6. The molecule has 4 unspecified atom stereocenters. The number of hydrogen-bond donors (Lipinski definition) is 3. The first-order valence-corrected chi connectivity index (χ1v) is 12.9. The van der Waals surface area contributed by atoms with Crippen molar-refractivity contribution in [2.45, 2.75) is 55.8 Å². The third-order valence-corrected chi connectivity index (χ3v) is 9.11. The molecule has 5 N–H and O–H groups in total. The van der Waals surface area contributed by atoms with E-state index in [-0.39, 0.29) is 24.1 Å². The molecule has 2 fully saturated rings. The maximum atomic E-state index is 14.1. The number of nitrogens with two attached hydrogens (primary N) is 2. The molecule has 2 heterocycles. The summed E-state index contributed by atoms with van der Waals surface area (Å²) in [5.41, 5.74) is 12.2. The van der Waals surface area contributed by atoms with Gasteiger partial charge in [-0.2, -0.15) is 0 Å². The molecule has 0 saturated carbocycles. The average Bonchev–Trinajstić information content (AvgIpc) is 2.96. The molecule has 1 aromatic carbocycles. The highest BCUT2D eigenvalue weighted by Crippen LogP contribution is 2.43. The lowest BCUT2D eigenvalue weighted by molar-refractivity contribution is 0.145. The van der Waals surface area contributed by atoms with Gasteiger partial charge in [-0.05, 0) is 63.7 Å². The topological polar surface area (TPSA) is 87.6 Å². The van der Waals surface area contributed by atoms with E-state index in [0.717, 1.165) is 18.9 Å². The normalized spacial score (nSPS) is 29.3. The number of nitrogens with one attached hydrogen (secondary N) is 1. The molecule has 2 bridgehead atoms. The van der Waals surface area contributed by atoms with Gasteiger partial charge in [0.1, 0.15) is 5.82 Å². The first-order valence-electron chi connectivity index (χ1n) is 10.3. The third kappa shape index (κ3) is 5.58. The molecular weight excluding hydrogens is 447 g/mol. The Morgan fingerprint density at radius 3 is 2.42 bits per heavy atom. The summed E-state index contributed by atoms with van der Waals surface area (Å²) in [5.74, 6) is 1.28. The van der Waals surface area contributed by atoms with Gasteiger partial charge in [0.15, 0.2) is 11.6 Å². The first kappa shape index (κ1) is 24.8. The van der Waals surface area contributed by atoms with Crippen molar-refractivity contribution in [2.75, 3.05) is 26.4 Å². The molecule has 0 radical (unpaired) electrons. The average molecular weight is 480 g/mol. The van der Waals surface area contributed by atoms with Gasteiger partial charge in [-0.15, -0.1) is 0 Å². The van der Waals surface area contributed by atoms with E-state index in [1.165, 1.54) is 12.1 Å². The van der Waals surface area contributed by atoms with E-state index in [9.17, 15) is 17.4 Å². The predicted molar refractivity (Wildman–Crippen MR) is 122 cm³/mol. The van der Waals surface area contributed by atoms with E-state index in [1.807, 2.05) is 22.7 Å². The predicted octanol–water partition coefficient (Wildman–Crippen LogP) is 1.64. The van der Waals surface area contributed by atoms with Gasteiger partial charge in [-0.3, -0.25) is 4.21 Å². The van der Waals surface area contributed by atoms with Crippen LogP contribution in [0.5, 0.6) is 0 Å². The van der Waals surface area contributed by atoms with Gasteiger partial charge < -0.3 is 11.5 Å². The van der Waals surface area contributed by atoms with Crippen molar-refractivity contribution in [3.05, 3.63) is 35.1 Å². The lowest BCUT2D eigenvalue weighted by Gasteiger charge is -2.48. The minimum atomic E-state index is -2.48. The minimum Gasteiger partial charge on any atom is -0.326 e. The lowest BCUT2D eigenvalue weighted by atomic mass is 9.77. The lowest BCUT2D eigenvalue weighted by Crippen LogP contribution is -2.65. The van der Waals surface area contributed by atoms with Crippen molar-refractivity contribution in [3.8, 4) is 0 Å². The Hall–Kier alpha value is -0.820. The van der Waals surface area contributed by atoms with Crippen LogP contribution in [-0.2, 0) is 16.1 Å². The van der Waals surface area contributed by atoms with Crippen LogP contribution >= 0.6 is 12.1 Å². The van der Waals surface area contributed by atoms with Crippen LogP contribution in [0.15, 0.2) is 12.1 Å². The summed E-state index contributed by atoms with van der Waals surface area (Å²) >= 11 is 1.44. The molecule has 2 saturated heterocycles. The fourth-order valence-electron chi connectivity index (χ4n) is 4.77. The number of halogens is 3. The number of nitrogens with zero attached hydrogens (tertiary/aromatic N) is 2. The van der Waals surface area contributed by atoms with E-state index >= 15 is 0 Å². The van der Waals surface area contributed by atoms with Crippen LogP contribution in [-0.4, -0.2) is 68.7 Å². The van der Waals surface area contributed by atoms with Crippen LogP contribution in [0.4, 0.5) is 13.2 Å². The zero-order valence-electron chi connectivity index (χ0n) is 18.0. The maximum absolute atomic E-state index is 14.1. The van der Waals surface area contributed by atoms with Gasteiger partial charge in [0.2, 0.25) is 0 Å². The molecule has 176 valence electrons. The Morgan fingerprint density at radius 2 is 1.84 bits per heavy atom. The van der Waals surface area contributed by atoms with Gasteiger partial charge in [0.05, 0.1) is 0 Å². The Balaban J connectivity index is 1.67. The fourth-order valence-corrected chi connectivity index (χ4v) is 7.43. The molecule has 31 heavy (non-hydrogen) atoms. The number of rotatable bonds is 9. The van der Waals surface area contributed by atoms with E-state index in [2.05, 4.69) is 10.6 Å². The quantitative estimate of drug-likeness (QED) is 0.216. The zero-order chi connectivity index (χ0) is 23.0. The largest absolute Gasteiger partial charge is 0.326 e. The van der Waals surface area contributed by atoms with Crippen molar-refractivity contribution in [1.82, 2.24) is 13.3 Å². The molecule has 0 aliphatic carbocycles. The molecule has 1 aromatic rings. The molecule has 11 heteroatoms. The second-order valence-corrected chi connectivity index (χ2v) is 12.4. The summed E-state index contributed by atoms with van der Waals surface area (Å²) < 4.78 is 61.4. The molecule has 0 amide bonds. The number of benzene rings is 1.